The van der Waals surface area contributed by atoms with Crippen molar-refractivity contribution >= 4 is 42.1 Å². The number of nitrogens with one attached hydrogen (secondary N) is 1. The van der Waals surface area contributed by atoms with E-state index in [9.17, 15) is 4.79 Å². The Bertz CT molecular complexity index is 571. The van der Waals surface area contributed by atoms with Gasteiger partial charge in [0.1, 0.15) is 5.76 Å². The summed E-state index contributed by atoms with van der Waals surface area (Å²) in [4.78, 5) is 16.2. The average molecular weight is 366 g/mol. The van der Waals surface area contributed by atoms with Gasteiger partial charge in [-0.25, -0.2) is 4.98 Å². The van der Waals surface area contributed by atoms with Gasteiger partial charge in [0.2, 0.25) is 11.8 Å². The van der Waals surface area contributed by atoms with Crippen molar-refractivity contribution in [2.24, 2.45) is 5.73 Å². The summed E-state index contributed by atoms with van der Waals surface area (Å²) in [5, 5.41) is 6.77. The minimum absolute atomic E-state index is 0. The largest absolute Gasteiger partial charge is 0.441 e. The highest BCUT2D eigenvalue weighted by molar-refractivity contribution is 7.08. The van der Waals surface area contributed by atoms with Gasteiger partial charge in [-0.05, 0) is 31.7 Å². The summed E-state index contributed by atoms with van der Waals surface area (Å²) < 4.78 is 5.60. The van der Waals surface area contributed by atoms with Gasteiger partial charge < -0.3 is 15.5 Å². The molecule has 1 unspecified atom stereocenters. The molecule has 0 bridgehead atoms. The Morgan fingerprint density at radius 3 is 2.82 bits per heavy atom. The van der Waals surface area contributed by atoms with Crippen LogP contribution in [0.2, 0.25) is 0 Å². The van der Waals surface area contributed by atoms with Gasteiger partial charge in [-0.1, -0.05) is 0 Å². The Hall–Kier alpha value is -1.08. The highest BCUT2D eigenvalue weighted by Gasteiger charge is 2.14. The van der Waals surface area contributed by atoms with Crippen molar-refractivity contribution in [3.05, 3.63) is 28.3 Å². The molecule has 2 rings (SSSR count). The maximum atomic E-state index is 11.8. The van der Waals surface area contributed by atoms with Crippen LogP contribution in [-0.2, 0) is 11.2 Å². The Balaban J connectivity index is 0.00000220. The molecule has 0 aromatic carbocycles. The van der Waals surface area contributed by atoms with Crippen molar-refractivity contribution in [3.63, 3.8) is 0 Å². The maximum absolute atomic E-state index is 11.8. The molecule has 5 nitrogen and oxygen atoms in total. The average Bonchev–Trinajstić information content (AvgIpc) is 2.99. The first kappa shape index (κ1) is 20.9. The van der Waals surface area contributed by atoms with Gasteiger partial charge in [0.15, 0.2) is 0 Å². The molecule has 2 aromatic rings. The molecule has 0 radical (unpaired) electrons. The number of oxazole rings is 1. The zero-order chi connectivity index (χ0) is 14.5. The van der Waals surface area contributed by atoms with Gasteiger partial charge in [0, 0.05) is 23.5 Å². The number of hydrogen-bond donors (Lipinski definition) is 2. The summed E-state index contributed by atoms with van der Waals surface area (Å²) in [7, 11) is 0. The lowest BCUT2D eigenvalue weighted by Gasteiger charge is -2.06. The minimum atomic E-state index is -0.0566. The fourth-order valence-electron chi connectivity index (χ4n) is 1.76. The molecule has 22 heavy (non-hydrogen) atoms. The van der Waals surface area contributed by atoms with Gasteiger partial charge in [-0.15, -0.1) is 24.8 Å². The Kier molecular flexibility index (Phi) is 9.36. The molecule has 0 spiro atoms. The molecule has 0 saturated heterocycles. The fraction of sp³-hybridized carbons (Fsp3) is 0.429. The van der Waals surface area contributed by atoms with Crippen LogP contribution in [0, 0.1) is 6.92 Å². The number of aromatic nitrogens is 1. The molecule has 2 heterocycles. The van der Waals surface area contributed by atoms with E-state index in [0.717, 1.165) is 12.0 Å². The van der Waals surface area contributed by atoms with Crippen LogP contribution >= 0.6 is 36.2 Å². The molecular formula is C14H21Cl2N3O2S. The normalized spacial score (nSPS) is 11.2. The molecule has 0 aliphatic carbocycles. The number of carbonyl (C=O) groups excluding carboxylic acids is 1. The molecule has 3 N–H and O–H groups in total. The second-order valence-corrected chi connectivity index (χ2v) is 5.61. The van der Waals surface area contributed by atoms with E-state index in [-0.39, 0.29) is 43.2 Å². The molecular weight excluding hydrogens is 345 g/mol. The van der Waals surface area contributed by atoms with Crippen LogP contribution in [0.5, 0.6) is 0 Å². The second kappa shape index (κ2) is 9.84. The third-order valence-corrected chi connectivity index (χ3v) is 3.59. The van der Waals surface area contributed by atoms with Crippen LogP contribution in [0.15, 0.2) is 21.2 Å². The number of halogens is 2. The van der Waals surface area contributed by atoms with Crippen molar-refractivity contribution < 1.29 is 9.21 Å². The van der Waals surface area contributed by atoms with Crippen LogP contribution in [-0.4, -0.2) is 23.5 Å². The highest BCUT2D eigenvalue weighted by Crippen LogP contribution is 2.23. The van der Waals surface area contributed by atoms with E-state index >= 15 is 0 Å². The third kappa shape index (κ3) is 5.96. The summed E-state index contributed by atoms with van der Waals surface area (Å²) in [6.45, 7) is 4.33. The monoisotopic (exact) mass is 365 g/mol. The number of rotatable bonds is 6. The predicted octanol–water partition coefficient (Wildman–Crippen LogP) is 2.95. The maximum Gasteiger partial charge on any atom is 0.227 e. The molecule has 1 atom stereocenters. The van der Waals surface area contributed by atoms with E-state index in [2.05, 4.69) is 10.3 Å². The zero-order valence-electron chi connectivity index (χ0n) is 12.5. The Labute approximate surface area is 146 Å². The van der Waals surface area contributed by atoms with E-state index < -0.39 is 0 Å². The highest BCUT2D eigenvalue weighted by atomic mass is 35.5. The zero-order valence-corrected chi connectivity index (χ0v) is 14.9. The summed E-state index contributed by atoms with van der Waals surface area (Å²) in [6, 6.07) is 2.04. The number of nitrogens with zero attached hydrogens (tertiary/aromatic N) is 1. The molecule has 0 fully saturated rings. The van der Waals surface area contributed by atoms with E-state index in [1.54, 1.807) is 11.3 Å². The van der Waals surface area contributed by atoms with E-state index in [1.807, 2.05) is 30.7 Å². The van der Waals surface area contributed by atoms with E-state index in [1.165, 1.54) is 0 Å². The lowest BCUT2D eigenvalue weighted by atomic mass is 10.2. The topological polar surface area (TPSA) is 81.2 Å². The van der Waals surface area contributed by atoms with Crippen molar-refractivity contribution in [2.45, 2.75) is 32.7 Å². The lowest BCUT2D eigenvalue weighted by Crippen LogP contribution is -2.30. The van der Waals surface area contributed by atoms with Crippen molar-refractivity contribution in [1.82, 2.24) is 10.3 Å². The molecule has 2 aromatic heterocycles. The smallest absolute Gasteiger partial charge is 0.227 e. The number of amides is 1. The molecule has 0 saturated carbocycles. The third-order valence-electron chi connectivity index (χ3n) is 2.91. The van der Waals surface area contributed by atoms with E-state index in [0.29, 0.717) is 23.9 Å². The number of hydrogen-bond acceptors (Lipinski definition) is 5. The lowest BCUT2D eigenvalue weighted by molar-refractivity contribution is -0.120. The van der Waals surface area contributed by atoms with Gasteiger partial charge in [-0.3, -0.25) is 4.79 Å². The Morgan fingerprint density at radius 1 is 1.50 bits per heavy atom. The molecule has 0 aliphatic rings. The summed E-state index contributed by atoms with van der Waals surface area (Å²) in [5.74, 6) is 1.20. The minimum Gasteiger partial charge on any atom is -0.441 e. The molecule has 8 heteroatoms. The number of aryl methyl sites for hydroxylation is 1. The first-order valence-electron chi connectivity index (χ1n) is 6.57. The van der Waals surface area contributed by atoms with Gasteiger partial charge >= 0.3 is 0 Å². The number of carbonyl (C=O) groups is 1. The molecule has 124 valence electrons. The van der Waals surface area contributed by atoms with Crippen LogP contribution in [0.4, 0.5) is 0 Å². The summed E-state index contributed by atoms with van der Waals surface area (Å²) in [6.07, 6.45) is 1.00. The van der Waals surface area contributed by atoms with Crippen molar-refractivity contribution in [1.29, 1.82) is 0 Å². The molecule has 0 aliphatic heterocycles. The SMILES string of the molecule is Cc1oc(-c2ccsc2)nc1CC(=O)NCCC(C)N.Cl.Cl. The number of nitrogens with two attached hydrogens (primary N) is 1. The van der Waals surface area contributed by atoms with Crippen LogP contribution in [0.3, 0.4) is 0 Å². The first-order valence-corrected chi connectivity index (χ1v) is 7.51. The second-order valence-electron chi connectivity index (χ2n) is 4.83. The predicted molar refractivity (Wildman–Crippen MR) is 94.0 cm³/mol. The summed E-state index contributed by atoms with van der Waals surface area (Å²) in [5.41, 5.74) is 7.27. The van der Waals surface area contributed by atoms with E-state index in [4.69, 9.17) is 10.2 Å². The van der Waals surface area contributed by atoms with Gasteiger partial charge in [0.25, 0.3) is 0 Å². The summed E-state index contributed by atoms with van der Waals surface area (Å²) >= 11 is 1.59. The number of thiophene rings is 1. The Morgan fingerprint density at radius 2 is 2.23 bits per heavy atom. The van der Waals surface area contributed by atoms with Crippen molar-refractivity contribution in [3.8, 4) is 11.5 Å². The quantitative estimate of drug-likeness (QED) is 0.824. The van der Waals surface area contributed by atoms with Crippen molar-refractivity contribution in [2.75, 3.05) is 6.54 Å². The fourth-order valence-corrected chi connectivity index (χ4v) is 2.39. The molecule has 1 amide bonds. The first-order chi connectivity index (χ1) is 9.56. The van der Waals surface area contributed by atoms with Crippen LogP contribution in [0.1, 0.15) is 24.8 Å². The van der Waals surface area contributed by atoms with Crippen LogP contribution in [0.25, 0.3) is 11.5 Å². The van der Waals surface area contributed by atoms with Crippen LogP contribution < -0.4 is 11.1 Å². The standard InChI is InChI=1S/C14H19N3O2S.2ClH/c1-9(15)3-5-16-13(18)7-12-10(2)19-14(17-12)11-4-6-20-8-11;;/h4,6,8-9H,3,5,7,15H2,1-2H3,(H,16,18);2*1H. The van der Waals surface area contributed by atoms with Gasteiger partial charge in [0.05, 0.1) is 12.1 Å². The van der Waals surface area contributed by atoms with Gasteiger partial charge in [-0.2, -0.15) is 11.3 Å².